The summed E-state index contributed by atoms with van der Waals surface area (Å²) < 4.78 is 0. The predicted molar refractivity (Wildman–Crippen MR) is 64.8 cm³/mol. The quantitative estimate of drug-likeness (QED) is 0.749. The fraction of sp³-hybridized carbons (Fsp3) is 0.833. The molecule has 0 bridgehead atoms. The maximum atomic E-state index is 12.2. The molecule has 0 saturated carbocycles. The normalized spacial score (nSPS) is 20.6. The van der Waals surface area contributed by atoms with Crippen LogP contribution in [0.4, 0.5) is 0 Å². The summed E-state index contributed by atoms with van der Waals surface area (Å²) >= 11 is 0. The lowest BCUT2D eigenvalue weighted by molar-refractivity contribution is -0.139. The molecule has 0 aromatic rings. The number of aliphatic carboxylic acids is 1. The monoisotopic (exact) mass is 242 g/mol. The van der Waals surface area contributed by atoms with E-state index in [9.17, 15) is 9.59 Å². The first-order valence-corrected chi connectivity index (χ1v) is 6.39. The Bertz CT molecular complexity index is 260. The lowest BCUT2D eigenvalue weighted by atomic mass is 10.1. The second-order valence-electron chi connectivity index (χ2n) is 4.42. The Morgan fingerprint density at radius 2 is 2.12 bits per heavy atom. The molecule has 1 atom stereocenters. The SMILES string of the molecule is CCN(CCC(=O)O)C(=O)C1CCCCCN1. The van der Waals surface area contributed by atoms with Crippen LogP contribution in [0.2, 0.25) is 0 Å². The van der Waals surface area contributed by atoms with Gasteiger partial charge in [-0.15, -0.1) is 0 Å². The van der Waals surface area contributed by atoms with Crippen molar-refractivity contribution in [3.63, 3.8) is 0 Å². The van der Waals surface area contributed by atoms with Gasteiger partial charge in [-0.05, 0) is 26.3 Å². The first-order valence-electron chi connectivity index (χ1n) is 6.39. The number of carbonyl (C=O) groups is 2. The molecule has 5 heteroatoms. The molecule has 17 heavy (non-hydrogen) atoms. The molecule has 1 unspecified atom stereocenters. The van der Waals surface area contributed by atoms with Crippen LogP contribution < -0.4 is 5.32 Å². The van der Waals surface area contributed by atoms with E-state index < -0.39 is 5.97 Å². The maximum absolute atomic E-state index is 12.2. The van der Waals surface area contributed by atoms with Crippen molar-refractivity contribution in [2.45, 2.75) is 45.1 Å². The number of carboxylic acid groups (broad SMARTS) is 1. The van der Waals surface area contributed by atoms with E-state index in [1.165, 1.54) is 0 Å². The summed E-state index contributed by atoms with van der Waals surface area (Å²) in [4.78, 5) is 24.3. The van der Waals surface area contributed by atoms with E-state index in [1.807, 2.05) is 6.92 Å². The van der Waals surface area contributed by atoms with Crippen molar-refractivity contribution in [3.05, 3.63) is 0 Å². The maximum Gasteiger partial charge on any atom is 0.305 e. The highest BCUT2D eigenvalue weighted by Gasteiger charge is 2.24. The summed E-state index contributed by atoms with van der Waals surface area (Å²) in [6.07, 6.45) is 4.23. The van der Waals surface area contributed by atoms with Crippen LogP contribution >= 0.6 is 0 Å². The van der Waals surface area contributed by atoms with Crippen molar-refractivity contribution in [1.29, 1.82) is 0 Å². The molecule has 0 aromatic heterocycles. The average Bonchev–Trinajstić information content (AvgIpc) is 2.57. The number of hydrogen-bond acceptors (Lipinski definition) is 3. The Balaban J connectivity index is 2.48. The van der Waals surface area contributed by atoms with E-state index in [1.54, 1.807) is 4.90 Å². The van der Waals surface area contributed by atoms with Crippen LogP contribution in [-0.4, -0.2) is 47.6 Å². The van der Waals surface area contributed by atoms with Crippen molar-refractivity contribution in [2.24, 2.45) is 0 Å². The number of likely N-dealkylation sites (N-methyl/N-ethyl adjacent to an activating group) is 1. The summed E-state index contributed by atoms with van der Waals surface area (Å²) in [5, 5.41) is 11.9. The molecule has 1 aliphatic heterocycles. The number of nitrogens with one attached hydrogen (secondary N) is 1. The van der Waals surface area contributed by atoms with E-state index in [0.717, 1.165) is 32.2 Å². The third-order valence-electron chi connectivity index (χ3n) is 3.15. The van der Waals surface area contributed by atoms with Crippen LogP contribution in [0, 0.1) is 0 Å². The van der Waals surface area contributed by atoms with Gasteiger partial charge in [0, 0.05) is 13.1 Å². The predicted octanol–water partition coefficient (Wildman–Crippen LogP) is 0.842. The van der Waals surface area contributed by atoms with Crippen LogP contribution in [0.3, 0.4) is 0 Å². The molecular weight excluding hydrogens is 220 g/mol. The van der Waals surface area contributed by atoms with Crippen molar-refractivity contribution in [2.75, 3.05) is 19.6 Å². The average molecular weight is 242 g/mol. The fourth-order valence-electron chi connectivity index (χ4n) is 2.11. The first-order chi connectivity index (χ1) is 8.15. The van der Waals surface area contributed by atoms with E-state index in [2.05, 4.69) is 5.32 Å². The molecule has 1 aliphatic rings. The van der Waals surface area contributed by atoms with Crippen LogP contribution in [0.5, 0.6) is 0 Å². The van der Waals surface area contributed by atoms with Gasteiger partial charge in [0.05, 0.1) is 12.5 Å². The highest BCUT2D eigenvalue weighted by molar-refractivity contribution is 5.82. The van der Waals surface area contributed by atoms with Gasteiger partial charge >= 0.3 is 5.97 Å². The van der Waals surface area contributed by atoms with E-state index in [0.29, 0.717) is 13.1 Å². The molecule has 2 N–H and O–H groups in total. The molecule has 5 nitrogen and oxygen atoms in total. The van der Waals surface area contributed by atoms with Crippen molar-refractivity contribution < 1.29 is 14.7 Å². The lowest BCUT2D eigenvalue weighted by Gasteiger charge is -2.25. The number of carbonyl (C=O) groups excluding carboxylic acids is 1. The van der Waals surface area contributed by atoms with E-state index >= 15 is 0 Å². The van der Waals surface area contributed by atoms with E-state index in [4.69, 9.17) is 5.11 Å². The second-order valence-corrected chi connectivity index (χ2v) is 4.42. The van der Waals surface area contributed by atoms with Gasteiger partial charge in [0.1, 0.15) is 0 Å². The Kier molecular flexibility index (Phi) is 5.97. The molecule has 98 valence electrons. The summed E-state index contributed by atoms with van der Waals surface area (Å²) in [5.41, 5.74) is 0. The Labute approximate surface area is 102 Å². The zero-order valence-electron chi connectivity index (χ0n) is 10.4. The zero-order valence-corrected chi connectivity index (χ0v) is 10.4. The Morgan fingerprint density at radius 1 is 1.35 bits per heavy atom. The topological polar surface area (TPSA) is 69.6 Å². The third kappa shape index (κ3) is 4.73. The molecule has 0 spiro atoms. The molecule has 0 radical (unpaired) electrons. The Morgan fingerprint density at radius 3 is 2.76 bits per heavy atom. The second kappa shape index (κ2) is 7.27. The number of carboxylic acids is 1. The van der Waals surface area contributed by atoms with Gasteiger partial charge in [-0.2, -0.15) is 0 Å². The summed E-state index contributed by atoms with van der Waals surface area (Å²) in [5.74, 6) is -0.805. The highest BCUT2D eigenvalue weighted by atomic mass is 16.4. The number of hydrogen-bond donors (Lipinski definition) is 2. The molecule has 0 aliphatic carbocycles. The van der Waals surface area contributed by atoms with Gasteiger partial charge in [-0.1, -0.05) is 12.8 Å². The standard InChI is InChI=1S/C12H22N2O3/c1-2-14(9-7-11(15)16)12(17)10-6-4-3-5-8-13-10/h10,13H,2-9H2,1H3,(H,15,16). The summed E-state index contributed by atoms with van der Waals surface area (Å²) in [7, 11) is 0. The number of amides is 1. The number of rotatable bonds is 5. The van der Waals surface area contributed by atoms with Crippen molar-refractivity contribution in [1.82, 2.24) is 10.2 Å². The van der Waals surface area contributed by atoms with E-state index in [-0.39, 0.29) is 18.4 Å². The molecule has 0 aromatic carbocycles. The fourth-order valence-corrected chi connectivity index (χ4v) is 2.11. The largest absolute Gasteiger partial charge is 0.481 e. The molecule has 1 saturated heterocycles. The van der Waals surface area contributed by atoms with Crippen LogP contribution in [0.15, 0.2) is 0 Å². The molecule has 1 fully saturated rings. The minimum atomic E-state index is -0.856. The molecule has 1 rings (SSSR count). The molecule has 1 heterocycles. The van der Waals surface area contributed by atoms with Crippen LogP contribution in [0.1, 0.15) is 39.0 Å². The summed E-state index contributed by atoms with van der Waals surface area (Å²) in [6.45, 7) is 3.65. The smallest absolute Gasteiger partial charge is 0.305 e. The van der Waals surface area contributed by atoms with Crippen molar-refractivity contribution >= 4 is 11.9 Å². The van der Waals surface area contributed by atoms with Crippen molar-refractivity contribution in [3.8, 4) is 0 Å². The van der Waals surface area contributed by atoms with Gasteiger partial charge in [-0.25, -0.2) is 0 Å². The minimum Gasteiger partial charge on any atom is -0.481 e. The minimum absolute atomic E-state index is 0.0201. The van der Waals surface area contributed by atoms with Gasteiger partial charge in [0.15, 0.2) is 0 Å². The third-order valence-corrected chi connectivity index (χ3v) is 3.15. The van der Waals surface area contributed by atoms with Crippen LogP contribution in [-0.2, 0) is 9.59 Å². The lowest BCUT2D eigenvalue weighted by Crippen LogP contribution is -2.46. The molecular formula is C12H22N2O3. The first kappa shape index (κ1) is 14.0. The van der Waals surface area contributed by atoms with Gasteiger partial charge in [-0.3, -0.25) is 9.59 Å². The molecule has 1 amide bonds. The van der Waals surface area contributed by atoms with Gasteiger partial charge in [0.25, 0.3) is 0 Å². The zero-order chi connectivity index (χ0) is 12.7. The Hall–Kier alpha value is -1.10. The summed E-state index contributed by atoms with van der Waals surface area (Å²) in [6, 6.07) is -0.119. The van der Waals surface area contributed by atoms with Crippen LogP contribution in [0.25, 0.3) is 0 Å². The number of nitrogens with zero attached hydrogens (tertiary/aromatic N) is 1. The van der Waals surface area contributed by atoms with Gasteiger partial charge < -0.3 is 15.3 Å². The van der Waals surface area contributed by atoms with Gasteiger partial charge in [0.2, 0.25) is 5.91 Å². The highest BCUT2D eigenvalue weighted by Crippen LogP contribution is 2.11.